The monoisotopic (exact) mass is 431 g/mol. The SMILES string of the molecule is CC1CN(S(=O)(=O)c2cccc(C(=O)OCc3nnsc3Cl)c2)CC(C)O1. The number of sulfonamides is 1. The van der Waals surface area contributed by atoms with Crippen molar-refractivity contribution < 1.29 is 22.7 Å². The van der Waals surface area contributed by atoms with Crippen molar-refractivity contribution in [1.29, 1.82) is 0 Å². The molecule has 2 aromatic rings. The highest BCUT2D eigenvalue weighted by Crippen LogP contribution is 2.23. The largest absolute Gasteiger partial charge is 0.455 e. The lowest BCUT2D eigenvalue weighted by Gasteiger charge is -2.34. The third-order valence-corrected chi connectivity index (χ3v) is 6.76. The molecule has 1 aliphatic heterocycles. The molecule has 2 atom stereocenters. The summed E-state index contributed by atoms with van der Waals surface area (Å²) >= 11 is 6.86. The Labute approximate surface area is 166 Å². The van der Waals surface area contributed by atoms with E-state index in [0.717, 1.165) is 11.5 Å². The summed E-state index contributed by atoms with van der Waals surface area (Å²) < 4.78 is 42.0. The topological polar surface area (TPSA) is 98.7 Å². The second-order valence-electron chi connectivity index (χ2n) is 6.18. The van der Waals surface area contributed by atoms with Crippen molar-refractivity contribution in [3.63, 3.8) is 0 Å². The van der Waals surface area contributed by atoms with Crippen molar-refractivity contribution in [3.8, 4) is 0 Å². The van der Waals surface area contributed by atoms with E-state index in [0.29, 0.717) is 10.0 Å². The normalized spacial score (nSPS) is 21.1. The van der Waals surface area contributed by atoms with Gasteiger partial charge in [-0.1, -0.05) is 22.2 Å². The molecule has 0 amide bonds. The summed E-state index contributed by atoms with van der Waals surface area (Å²) in [6.45, 7) is 4.03. The summed E-state index contributed by atoms with van der Waals surface area (Å²) in [5, 5.41) is 3.76. The summed E-state index contributed by atoms with van der Waals surface area (Å²) in [6, 6.07) is 5.77. The maximum atomic E-state index is 12.9. The molecule has 0 aliphatic carbocycles. The Morgan fingerprint density at radius 3 is 2.70 bits per heavy atom. The lowest BCUT2D eigenvalue weighted by atomic mass is 10.2. The number of carbonyl (C=O) groups is 1. The van der Waals surface area contributed by atoms with Crippen LogP contribution >= 0.6 is 23.1 Å². The van der Waals surface area contributed by atoms with Gasteiger partial charge in [0.25, 0.3) is 0 Å². The van der Waals surface area contributed by atoms with Gasteiger partial charge < -0.3 is 9.47 Å². The minimum atomic E-state index is -3.74. The molecule has 0 spiro atoms. The van der Waals surface area contributed by atoms with E-state index >= 15 is 0 Å². The van der Waals surface area contributed by atoms with E-state index in [2.05, 4.69) is 9.59 Å². The van der Waals surface area contributed by atoms with Gasteiger partial charge in [0.1, 0.15) is 16.6 Å². The van der Waals surface area contributed by atoms with Gasteiger partial charge in [0, 0.05) is 24.6 Å². The number of hydrogen-bond acceptors (Lipinski definition) is 8. The molecule has 27 heavy (non-hydrogen) atoms. The van der Waals surface area contributed by atoms with Crippen molar-refractivity contribution in [2.75, 3.05) is 13.1 Å². The number of morpholine rings is 1. The first kappa shape index (κ1) is 20.2. The molecule has 146 valence electrons. The molecule has 0 bridgehead atoms. The van der Waals surface area contributed by atoms with Crippen LogP contribution in [0.3, 0.4) is 0 Å². The molecule has 0 N–H and O–H groups in total. The van der Waals surface area contributed by atoms with Crippen LogP contribution in [-0.2, 0) is 26.1 Å². The molecule has 0 saturated carbocycles. The third-order valence-electron chi connectivity index (χ3n) is 3.94. The Morgan fingerprint density at radius 2 is 2.07 bits per heavy atom. The average molecular weight is 432 g/mol. The van der Waals surface area contributed by atoms with Crippen LogP contribution in [-0.4, -0.2) is 53.6 Å². The number of carbonyl (C=O) groups excluding carboxylic acids is 1. The standard InChI is InChI=1S/C16H18ClN3O5S2/c1-10-7-20(8-11(2)25-10)27(22,23)13-5-3-4-12(6-13)16(21)24-9-14-15(17)26-19-18-14/h3-6,10-11H,7-9H2,1-2H3. The van der Waals surface area contributed by atoms with Gasteiger partial charge in [-0.3, -0.25) is 0 Å². The number of aromatic nitrogens is 2. The predicted molar refractivity (Wildman–Crippen MR) is 99.2 cm³/mol. The number of ether oxygens (including phenoxy) is 2. The molecular formula is C16H18ClN3O5S2. The maximum absolute atomic E-state index is 12.9. The van der Waals surface area contributed by atoms with Gasteiger partial charge >= 0.3 is 5.97 Å². The zero-order valence-corrected chi connectivity index (χ0v) is 17.1. The van der Waals surface area contributed by atoms with Crippen LogP contribution in [0.5, 0.6) is 0 Å². The van der Waals surface area contributed by atoms with Crippen molar-refractivity contribution in [2.45, 2.75) is 37.6 Å². The van der Waals surface area contributed by atoms with Crippen molar-refractivity contribution in [3.05, 3.63) is 39.9 Å². The van der Waals surface area contributed by atoms with Gasteiger partial charge in [-0.05, 0) is 32.0 Å². The fourth-order valence-corrected chi connectivity index (χ4v) is 5.00. The van der Waals surface area contributed by atoms with Crippen LogP contribution < -0.4 is 0 Å². The van der Waals surface area contributed by atoms with Crippen LogP contribution in [0, 0.1) is 0 Å². The van der Waals surface area contributed by atoms with E-state index < -0.39 is 16.0 Å². The van der Waals surface area contributed by atoms with Gasteiger partial charge in [0.15, 0.2) is 0 Å². The summed E-state index contributed by atoms with van der Waals surface area (Å²) in [5.74, 6) is -0.667. The van der Waals surface area contributed by atoms with E-state index in [9.17, 15) is 13.2 Å². The smallest absolute Gasteiger partial charge is 0.338 e. The first-order chi connectivity index (χ1) is 12.8. The van der Waals surface area contributed by atoms with E-state index in [1.165, 1.54) is 28.6 Å². The van der Waals surface area contributed by atoms with Gasteiger partial charge in [0.2, 0.25) is 10.0 Å². The Kier molecular flexibility index (Phi) is 6.11. The fraction of sp³-hybridized carbons (Fsp3) is 0.438. The zero-order valence-electron chi connectivity index (χ0n) is 14.7. The van der Waals surface area contributed by atoms with Crippen molar-refractivity contribution >= 4 is 39.1 Å². The number of rotatable bonds is 5. The lowest BCUT2D eigenvalue weighted by molar-refractivity contribution is -0.0440. The number of nitrogens with zero attached hydrogens (tertiary/aromatic N) is 3. The Hall–Kier alpha value is -1.59. The highest BCUT2D eigenvalue weighted by molar-refractivity contribution is 7.89. The lowest BCUT2D eigenvalue weighted by Crippen LogP contribution is -2.48. The highest BCUT2D eigenvalue weighted by atomic mass is 35.5. The van der Waals surface area contributed by atoms with Crippen LogP contribution in [0.2, 0.25) is 4.34 Å². The summed E-state index contributed by atoms with van der Waals surface area (Å²) in [7, 11) is -3.74. The Bertz CT molecular complexity index is 924. The van der Waals surface area contributed by atoms with Gasteiger partial charge in [-0.2, -0.15) is 4.31 Å². The van der Waals surface area contributed by atoms with Crippen LogP contribution in [0.25, 0.3) is 0 Å². The molecule has 1 aromatic carbocycles. The van der Waals surface area contributed by atoms with Crippen LogP contribution in [0.15, 0.2) is 29.2 Å². The number of hydrogen-bond donors (Lipinski definition) is 0. The van der Waals surface area contributed by atoms with E-state index in [4.69, 9.17) is 21.1 Å². The number of halogens is 1. The molecule has 2 unspecified atom stereocenters. The summed E-state index contributed by atoms with van der Waals surface area (Å²) in [6.07, 6.45) is -0.402. The third kappa shape index (κ3) is 4.64. The van der Waals surface area contributed by atoms with Gasteiger partial charge in [0.05, 0.1) is 22.7 Å². The van der Waals surface area contributed by atoms with Crippen LogP contribution in [0.1, 0.15) is 29.9 Å². The van der Waals surface area contributed by atoms with Gasteiger partial charge in [-0.15, -0.1) is 5.10 Å². The molecule has 0 radical (unpaired) electrons. The molecule has 8 nitrogen and oxygen atoms in total. The highest BCUT2D eigenvalue weighted by Gasteiger charge is 2.32. The van der Waals surface area contributed by atoms with E-state index in [1.807, 2.05) is 13.8 Å². The predicted octanol–water partition coefficient (Wildman–Crippen LogP) is 2.35. The molecule has 1 fully saturated rings. The molecule has 3 rings (SSSR count). The minimum Gasteiger partial charge on any atom is -0.455 e. The Balaban J connectivity index is 1.76. The second-order valence-corrected chi connectivity index (χ2v) is 9.47. The molecule has 2 heterocycles. The zero-order chi connectivity index (χ0) is 19.6. The summed E-state index contributed by atoms with van der Waals surface area (Å²) in [4.78, 5) is 12.3. The van der Waals surface area contributed by atoms with Crippen molar-refractivity contribution in [1.82, 2.24) is 13.9 Å². The molecule has 1 aliphatic rings. The van der Waals surface area contributed by atoms with Crippen LogP contribution in [0.4, 0.5) is 0 Å². The fourth-order valence-electron chi connectivity index (χ4n) is 2.76. The van der Waals surface area contributed by atoms with E-state index in [-0.39, 0.29) is 42.4 Å². The minimum absolute atomic E-state index is 0.0339. The summed E-state index contributed by atoms with van der Waals surface area (Å²) in [5.41, 5.74) is 0.486. The number of benzene rings is 1. The average Bonchev–Trinajstić information content (AvgIpc) is 3.04. The first-order valence-corrected chi connectivity index (χ1v) is 10.8. The van der Waals surface area contributed by atoms with E-state index in [1.54, 1.807) is 0 Å². The molecule has 11 heteroatoms. The molecular weight excluding hydrogens is 414 g/mol. The Morgan fingerprint density at radius 1 is 1.37 bits per heavy atom. The molecule has 1 aromatic heterocycles. The second kappa shape index (κ2) is 8.19. The maximum Gasteiger partial charge on any atom is 0.338 e. The molecule has 1 saturated heterocycles. The first-order valence-electron chi connectivity index (χ1n) is 8.17. The quantitative estimate of drug-likeness (QED) is 0.670. The van der Waals surface area contributed by atoms with Gasteiger partial charge in [-0.25, -0.2) is 13.2 Å². The number of esters is 1. The van der Waals surface area contributed by atoms with Crippen molar-refractivity contribution in [2.24, 2.45) is 0 Å².